The Morgan fingerprint density at radius 2 is 1.57 bits per heavy atom. The zero-order valence-corrected chi connectivity index (χ0v) is 31.2. The lowest BCUT2D eigenvalue weighted by molar-refractivity contribution is -0.249. The van der Waals surface area contributed by atoms with E-state index >= 15 is 0 Å². The number of Topliss-reactive ketones (excluding diaryl/α,β-unsaturated/α-hetero) is 1. The summed E-state index contributed by atoms with van der Waals surface area (Å²) in [5, 5.41) is 65.9. The smallest absolute Gasteiger partial charge is 0.202 e. The second-order valence-corrected chi connectivity index (χ2v) is 14.5. The molecular weight excluding hydrogens is 700 g/mol. The lowest BCUT2D eigenvalue weighted by Gasteiger charge is -2.43. The third kappa shape index (κ3) is 8.96. The summed E-state index contributed by atoms with van der Waals surface area (Å²) >= 11 is 0. The zero-order valence-electron chi connectivity index (χ0n) is 31.2. The van der Waals surface area contributed by atoms with Gasteiger partial charge in [-0.3, -0.25) is 14.4 Å². The molecule has 298 valence electrons. The van der Waals surface area contributed by atoms with E-state index in [-0.39, 0.29) is 34.4 Å². The average Bonchev–Trinajstić information content (AvgIpc) is 3.16. The highest BCUT2D eigenvalue weighted by Gasteiger charge is 2.50. The van der Waals surface area contributed by atoms with Crippen LogP contribution < -0.4 is 26.4 Å². The first-order chi connectivity index (χ1) is 26.0. The molecule has 0 spiro atoms. The molecule has 3 aliphatic rings. The maximum Gasteiger partial charge on any atom is 0.202 e. The molecule has 2 aliphatic carbocycles. The predicted molar refractivity (Wildman–Crippen MR) is 198 cm³/mol. The minimum Gasteiger partial charge on any atom is -0.507 e. The largest absolute Gasteiger partial charge is 0.507 e. The molecule has 2 unspecified atom stereocenters. The molecule has 1 aliphatic heterocycles. The van der Waals surface area contributed by atoms with E-state index in [2.05, 4.69) is 16.0 Å². The lowest BCUT2D eigenvalue weighted by Crippen LogP contribution is -2.54. The van der Waals surface area contributed by atoms with Gasteiger partial charge in [-0.1, -0.05) is 12.1 Å². The van der Waals surface area contributed by atoms with Gasteiger partial charge < -0.3 is 61.4 Å². The molecule has 15 nitrogen and oxygen atoms in total. The quantitative estimate of drug-likeness (QED) is 0.0580. The van der Waals surface area contributed by atoms with E-state index in [1.165, 1.54) is 25.3 Å². The average molecular weight is 757 g/mol. The molecule has 0 aromatic heterocycles. The van der Waals surface area contributed by atoms with Crippen LogP contribution in [0.5, 0.6) is 17.2 Å². The summed E-state index contributed by atoms with van der Waals surface area (Å²) in [6.07, 6.45) is 1.34. The predicted octanol–water partition coefficient (Wildman–Crippen LogP) is 1.11. The number of unbranched alkanes of at least 4 members (excludes halogenated alkanes) is 3. The number of hydrogen-bond donors (Lipinski definition) is 9. The van der Waals surface area contributed by atoms with Gasteiger partial charge in [-0.05, 0) is 90.8 Å². The summed E-state index contributed by atoms with van der Waals surface area (Å²) in [6, 6.07) is 3.98. The van der Waals surface area contributed by atoms with Crippen LogP contribution in [0.15, 0.2) is 18.2 Å². The number of nitrogens with one attached hydrogen (secondary N) is 3. The summed E-state index contributed by atoms with van der Waals surface area (Å²) in [5.74, 6) is -3.69. The van der Waals surface area contributed by atoms with E-state index in [0.717, 1.165) is 71.2 Å². The number of phenolic OH excluding ortho intramolecular Hbond substituents is 2. The van der Waals surface area contributed by atoms with Gasteiger partial charge in [-0.15, -0.1) is 0 Å². The minimum atomic E-state index is -2.25. The highest BCUT2D eigenvalue weighted by atomic mass is 16.7. The molecule has 0 saturated carbocycles. The molecule has 0 bridgehead atoms. The number of fused-ring (bicyclic) bond motifs is 3. The molecule has 0 amide bonds. The molecule has 5 rings (SSSR count). The lowest BCUT2D eigenvalue weighted by atomic mass is 9.72. The van der Waals surface area contributed by atoms with Crippen LogP contribution in [-0.2, 0) is 20.7 Å². The number of hydrogen-bond acceptors (Lipinski definition) is 15. The number of ether oxygens (including phenoxy) is 3. The first kappa shape index (κ1) is 41.6. The fraction of sp³-hybridized carbons (Fsp3) is 0.615. The Hall–Kier alpha value is -3.51. The van der Waals surface area contributed by atoms with Crippen molar-refractivity contribution in [3.05, 3.63) is 51.6 Å². The highest BCUT2D eigenvalue weighted by molar-refractivity contribution is 6.31. The fourth-order valence-corrected chi connectivity index (χ4v) is 7.73. The summed E-state index contributed by atoms with van der Waals surface area (Å²) in [6.45, 7) is 5.83. The van der Waals surface area contributed by atoms with Crippen LogP contribution in [0.25, 0.3) is 0 Å². The SMILES string of the molecule is COc1cccc2c1C(=O)c1c(O)c3c(c(O)c1C2=O)C[C@@](O)(C(=O)CO)CC3O[C@H]1C[C@@H](NCCCCNCCCCNCCCCN)[C@H](O)C(C)O1. The molecule has 15 heteroatoms. The van der Waals surface area contributed by atoms with Crippen LogP contribution in [0, 0.1) is 0 Å². The maximum absolute atomic E-state index is 13.9. The molecule has 2 aromatic carbocycles. The number of aromatic hydroxyl groups is 2. The fourth-order valence-electron chi connectivity index (χ4n) is 7.73. The van der Waals surface area contributed by atoms with Gasteiger partial charge >= 0.3 is 0 Å². The number of aliphatic hydroxyl groups is 3. The van der Waals surface area contributed by atoms with Crippen LogP contribution in [0.4, 0.5) is 0 Å². The van der Waals surface area contributed by atoms with Gasteiger partial charge in [-0.25, -0.2) is 0 Å². The van der Waals surface area contributed by atoms with Crippen molar-refractivity contribution >= 4 is 17.3 Å². The standard InChI is InChI=1S/C39H56N4O11/c1-22-34(46)25(43-17-8-7-16-42-15-6-5-14-41-13-4-3-12-40)18-29(53-22)54-27-20-39(51,28(45)21-44)19-24-31(27)38(50)33-32(36(24)48)35(47)23-10-9-11-26(52-2)30(23)37(33)49/h9-11,22,25,27,29,34,41-44,46,48,50-51H,3-8,12-21,40H2,1-2H3/t22?,25-,27?,29+,34-,39+/m1/s1. The van der Waals surface area contributed by atoms with Crippen molar-refractivity contribution in [2.75, 3.05) is 53.0 Å². The number of rotatable bonds is 20. The van der Waals surface area contributed by atoms with E-state index in [1.807, 2.05) is 0 Å². The van der Waals surface area contributed by atoms with Gasteiger partial charge in [0.05, 0.1) is 42.1 Å². The Labute approximate surface area is 315 Å². The number of phenols is 2. The van der Waals surface area contributed by atoms with Gasteiger partial charge in [0.25, 0.3) is 0 Å². The summed E-state index contributed by atoms with van der Waals surface area (Å²) in [7, 11) is 1.34. The molecule has 6 atom stereocenters. The van der Waals surface area contributed by atoms with Crippen molar-refractivity contribution in [1.29, 1.82) is 0 Å². The number of carbonyl (C=O) groups is 3. The Morgan fingerprint density at radius 1 is 0.944 bits per heavy atom. The number of carbonyl (C=O) groups excluding carboxylic acids is 3. The summed E-state index contributed by atoms with van der Waals surface area (Å²) < 4.78 is 17.7. The molecule has 1 saturated heterocycles. The van der Waals surface area contributed by atoms with Gasteiger partial charge in [0.1, 0.15) is 29.5 Å². The van der Waals surface area contributed by atoms with E-state index in [1.54, 1.807) is 6.92 Å². The van der Waals surface area contributed by atoms with Gasteiger partial charge in [0.2, 0.25) is 5.78 Å². The van der Waals surface area contributed by atoms with Crippen LogP contribution >= 0.6 is 0 Å². The molecule has 0 radical (unpaired) electrons. The highest BCUT2D eigenvalue weighted by Crippen LogP contribution is 2.52. The number of ketones is 3. The normalized spacial score (nSPS) is 24.9. The van der Waals surface area contributed by atoms with Crippen molar-refractivity contribution in [1.82, 2.24) is 16.0 Å². The third-order valence-corrected chi connectivity index (χ3v) is 10.7. The summed E-state index contributed by atoms with van der Waals surface area (Å²) in [4.78, 5) is 40.6. The topological polar surface area (TPSA) is 242 Å². The van der Waals surface area contributed by atoms with E-state index in [0.29, 0.717) is 6.54 Å². The molecule has 2 aromatic rings. The third-order valence-electron chi connectivity index (χ3n) is 10.7. The van der Waals surface area contributed by atoms with Gasteiger partial charge in [0, 0.05) is 42.0 Å². The van der Waals surface area contributed by atoms with Crippen molar-refractivity contribution in [2.24, 2.45) is 5.73 Å². The van der Waals surface area contributed by atoms with E-state index in [9.17, 15) is 39.9 Å². The van der Waals surface area contributed by atoms with E-state index < -0.39 is 95.7 Å². The second-order valence-electron chi connectivity index (χ2n) is 14.5. The number of benzene rings is 2. The molecule has 10 N–H and O–H groups in total. The van der Waals surface area contributed by atoms with Crippen LogP contribution in [0.2, 0.25) is 0 Å². The van der Waals surface area contributed by atoms with Gasteiger partial charge in [-0.2, -0.15) is 0 Å². The second kappa shape index (κ2) is 18.9. The Morgan fingerprint density at radius 3 is 2.20 bits per heavy atom. The van der Waals surface area contributed by atoms with Crippen LogP contribution in [0.3, 0.4) is 0 Å². The van der Waals surface area contributed by atoms with Gasteiger partial charge in [0.15, 0.2) is 17.9 Å². The van der Waals surface area contributed by atoms with Crippen molar-refractivity contribution in [2.45, 2.75) is 101 Å². The van der Waals surface area contributed by atoms with Crippen molar-refractivity contribution in [3.63, 3.8) is 0 Å². The molecule has 1 heterocycles. The molecular formula is C39H56N4O11. The Kier molecular flexibility index (Phi) is 14.6. The first-order valence-electron chi connectivity index (χ1n) is 19.0. The van der Waals surface area contributed by atoms with Crippen LogP contribution in [-0.4, -0.2) is 126 Å². The van der Waals surface area contributed by atoms with Crippen molar-refractivity contribution in [3.8, 4) is 17.2 Å². The zero-order chi connectivity index (χ0) is 39.0. The summed E-state index contributed by atoms with van der Waals surface area (Å²) in [5.41, 5.74) is 1.98. The number of nitrogens with two attached hydrogens (primary N) is 1. The van der Waals surface area contributed by atoms with Crippen LogP contribution in [0.1, 0.15) is 107 Å². The number of aliphatic hydroxyl groups excluding tert-OH is 2. The monoisotopic (exact) mass is 756 g/mol. The molecule has 1 fully saturated rings. The minimum absolute atomic E-state index is 0.0432. The Balaban J connectivity index is 1.26. The first-order valence-corrected chi connectivity index (χ1v) is 19.0. The number of methoxy groups -OCH3 is 1. The van der Waals surface area contributed by atoms with E-state index in [4.69, 9.17) is 19.9 Å². The maximum atomic E-state index is 13.9. The Bertz CT molecular complexity index is 1650. The molecule has 54 heavy (non-hydrogen) atoms. The van der Waals surface area contributed by atoms with Crippen molar-refractivity contribution < 1.29 is 54.1 Å².